The number of carbonyl (C=O) groups is 1. The lowest BCUT2D eigenvalue weighted by Crippen LogP contribution is -2.50. The Morgan fingerprint density at radius 1 is 1.44 bits per heavy atom. The summed E-state index contributed by atoms with van der Waals surface area (Å²) in [7, 11) is 1.82. The fourth-order valence-electron chi connectivity index (χ4n) is 2.22. The summed E-state index contributed by atoms with van der Waals surface area (Å²) in [5.74, 6) is -0.00115. The van der Waals surface area contributed by atoms with Crippen LogP contribution in [-0.2, 0) is 11.8 Å². The van der Waals surface area contributed by atoms with Crippen molar-refractivity contribution in [2.45, 2.75) is 13.0 Å². The van der Waals surface area contributed by atoms with E-state index in [-0.39, 0.29) is 5.91 Å². The molecule has 2 heterocycles. The Kier molecular flexibility index (Phi) is 3.98. The molecule has 1 aromatic rings. The normalized spacial score (nSPS) is 18.9. The Hall–Kier alpha value is -1.40. The Labute approximate surface area is 107 Å². The van der Waals surface area contributed by atoms with Crippen molar-refractivity contribution >= 4 is 5.91 Å². The van der Waals surface area contributed by atoms with Gasteiger partial charge >= 0.3 is 0 Å². The van der Waals surface area contributed by atoms with E-state index in [1.807, 2.05) is 11.9 Å². The third kappa shape index (κ3) is 2.70. The molecule has 1 unspecified atom stereocenters. The summed E-state index contributed by atoms with van der Waals surface area (Å²) in [5.41, 5.74) is 6.77. The van der Waals surface area contributed by atoms with Crippen molar-refractivity contribution < 1.29 is 4.79 Å². The van der Waals surface area contributed by atoms with Crippen LogP contribution in [-0.4, -0.2) is 58.2 Å². The summed E-state index contributed by atoms with van der Waals surface area (Å²) in [6.07, 6.45) is 3.45. The van der Waals surface area contributed by atoms with Crippen LogP contribution in [0, 0.1) is 0 Å². The van der Waals surface area contributed by atoms with Crippen LogP contribution in [0.5, 0.6) is 0 Å². The highest BCUT2D eigenvalue weighted by molar-refractivity contribution is 5.83. The van der Waals surface area contributed by atoms with Gasteiger partial charge in [0.15, 0.2) is 0 Å². The third-order valence-electron chi connectivity index (χ3n) is 3.48. The Morgan fingerprint density at radius 2 is 2.11 bits per heavy atom. The number of aryl methyl sites for hydroxylation is 1. The summed E-state index contributed by atoms with van der Waals surface area (Å²) >= 11 is 0. The maximum Gasteiger partial charge on any atom is 0.244 e. The lowest BCUT2D eigenvalue weighted by molar-refractivity contribution is -0.134. The van der Waals surface area contributed by atoms with Crippen LogP contribution in [0.1, 0.15) is 18.5 Å². The second-order valence-corrected chi connectivity index (χ2v) is 4.68. The van der Waals surface area contributed by atoms with E-state index in [9.17, 15) is 4.79 Å². The predicted molar refractivity (Wildman–Crippen MR) is 68.8 cm³/mol. The quantitative estimate of drug-likeness (QED) is 0.792. The molecule has 0 saturated carbocycles. The van der Waals surface area contributed by atoms with Crippen molar-refractivity contribution in [3.05, 3.63) is 18.0 Å². The van der Waals surface area contributed by atoms with Crippen molar-refractivity contribution in [1.82, 2.24) is 19.6 Å². The fourth-order valence-corrected chi connectivity index (χ4v) is 2.22. The van der Waals surface area contributed by atoms with Gasteiger partial charge in [0, 0.05) is 45.0 Å². The average Bonchev–Trinajstić information content (AvgIpc) is 2.84. The Balaban J connectivity index is 1.95. The number of carbonyl (C=O) groups excluding carboxylic acids is 1. The van der Waals surface area contributed by atoms with Gasteiger partial charge in [0.05, 0.1) is 6.20 Å². The monoisotopic (exact) mass is 251 g/mol. The maximum absolute atomic E-state index is 12.2. The molecule has 6 heteroatoms. The van der Waals surface area contributed by atoms with Gasteiger partial charge in [-0.3, -0.25) is 9.48 Å². The van der Waals surface area contributed by atoms with Crippen LogP contribution in [0.15, 0.2) is 12.4 Å². The molecule has 0 spiro atoms. The molecule has 100 valence electrons. The van der Waals surface area contributed by atoms with Gasteiger partial charge in [-0.2, -0.15) is 5.10 Å². The highest BCUT2D eigenvalue weighted by Gasteiger charge is 2.26. The zero-order valence-electron chi connectivity index (χ0n) is 11.0. The third-order valence-corrected chi connectivity index (χ3v) is 3.48. The van der Waals surface area contributed by atoms with Gasteiger partial charge in [-0.1, -0.05) is 6.92 Å². The van der Waals surface area contributed by atoms with Crippen LogP contribution >= 0.6 is 0 Å². The molecule has 18 heavy (non-hydrogen) atoms. The number of likely N-dealkylation sites (N-methyl/N-ethyl adjacent to an activating group) is 1. The van der Waals surface area contributed by atoms with Gasteiger partial charge in [0.1, 0.15) is 6.04 Å². The van der Waals surface area contributed by atoms with Crippen molar-refractivity contribution in [3.8, 4) is 0 Å². The summed E-state index contributed by atoms with van der Waals surface area (Å²) < 4.78 is 1.66. The Bertz CT molecular complexity index is 408. The number of nitrogens with zero attached hydrogens (tertiary/aromatic N) is 4. The van der Waals surface area contributed by atoms with Gasteiger partial charge in [-0.15, -0.1) is 0 Å². The number of nitrogens with two attached hydrogens (primary N) is 1. The van der Waals surface area contributed by atoms with Crippen molar-refractivity contribution in [2.75, 3.05) is 32.7 Å². The molecule has 1 aromatic heterocycles. The molecule has 1 aliphatic rings. The summed E-state index contributed by atoms with van der Waals surface area (Å²) in [5, 5.41) is 4.05. The van der Waals surface area contributed by atoms with E-state index < -0.39 is 6.04 Å². The molecule has 1 aliphatic heterocycles. The first-order valence-electron chi connectivity index (χ1n) is 6.37. The number of hydrogen-bond acceptors (Lipinski definition) is 4. The van der Waals surface area contributed by atoms with E-state index in [1.54, 1.807) is 17.1 Å². The summed E-state index contributed by atoms with van der Waals surface area (Å²) in [6, 6.07) is -0.591. The highest BCUT2D eigenvalue weighted by Crippen LogP contribution is 2.13. The topological polar surface area (TPSA) is 67.4 Å². The standard InChI is InChI=1S/C12H21N5O/c1-3-16-4-6-17(7-5-16)12(18)11(13)10-8-14-15(2)9-10/h8-9,11H,3-7,13H2,1-2H3. The average molecular weight is 251 g/mol. The van der Waals surface area contributed by atoms with Gasteiger partial charge in [0.2, 0.25) is 5.91 Å². The minimum atomic E-state index is -0.591. The van der Waals surface area contributed by atoms with Gasteiger partial charge < -0.3 is 15.5 Å². The molecule has 6 nitrogen and oxygen atoms in total. The van der Waals surface area contributed by atoms with Crippen molar-refractivity contribution in [3.63, 3.8) is 0 Å². The number of amides is 1. The highest BCUT2D eigenvalue weighted by atomic mass is 16.2. The first-order valence-corrected chi connectivity index (χ1v) is 6.37. The first kappa shape index (κ1) is 13.0. The van der Waals surface area contributed by atoms with E-state index in [0.717, 1.165) is 38.3 Å². The number of aromatic nitrogens is 2. The number of hydrogen-bond donors (Lipinski definition) is 1. The van der Waals surface area contributed by atoms with E-state index >= 15 is 0 Å². The Morgan fingerprint density at radius 3 is 2.61 bits per heavy atom. The lowest BCUT2D eigenvalue weighted by atomic mass is 10.1. The first-order chi connectivity index (χ1) is 8.61. The molecular formula is C12H21N5O. The molecule has 2 rings (SSSR count). The van der Waals surface area contributed by atoms with Crippen LogP contribution in [0.3, 0.4) is 0 Å². The van der Waals surface area contributed by atoms with Gasteiger partial charge in [-0.25, -0.2) is 0 Å². The van der Waals surface area contributed by atoms with Crippen LogP contribution < -0.4 is 5.73 Å². The molecule has 0 aromatic carbocycles. The van der Waals surface area contributed by atoms with Gasteiger partial charge in [0.25, 0.3) is 0 Å². The zero-order chi connectivity index (χ0) is 13.1. The van der Waals surface area contributed by atoms with E-state index in [0.29, 0.717) is 0 Å². The van der Waals surface area contributed by atoms with Crippen LogP contribution in [0.4, 0.5) is 0 Å². The van der Waals surface area contributed by atoms with E-state index in [1.165, 1.54) is 0 Å². The number of rotatable bonds is 3. The molecule has 1 amide bonds. The maximum atomic E-state index is 12.2. The minimum Gasteiger partial charge on any atom is -0.338 e. The largest absolute Gasteiger partial charge is 0.338 e. The molecule has 0 radical (unpaired) electrons. The fraction of sp³-hybridized carbons (Fsp3) is 0.667. The van der Waals surface area contributed by atoms with Crippen LogP contribution in [0.25, 0.3) is 0 Å². The smallest absolute Gasteiger partial charge is 0.244 e. The molecule has 1 atom stereocenters. The predicted octanol–water partition coefficient (Wildman–Crippen LogP) is -0.416. The lowest BCUT2D eigenvalue weighted by Gasteiger charge is -2.35. The SMILES string of the molecule is CCN1CCN(C(=O)C(N)c2cnn(C)c2)CC1. The van der Waals surface area contributed by atoms with Crippen molar-refractivity contribution in [2.24, 2.45) is 12.8 Å². The van der Waals surface area contributed by atoms with E-state index in [4.69, 9.17) is 5.73 Å². The van der Waals surface area contributed by atoms with Crippen LogP contribution in [0.2, 0.25) is 0 Å². The van der Waals surface area contributed by atoms with Gasteiger partial charge in [-0.05, 0) is 6.54 Å². The second kappa shape index (κ2) is 5.49. The minimum absolute atomic E-state index is 0.00115. The molecular weight excluding hydrogens is 230 g/mol. The molecule has 1 saturated heterocycles. The molecule has 0 aliphatic carbocycles. The zero-order valence-corrected chi connectivity index (χ0v) is 11.0. The van der Waals surface area contributed by atoms with Crippen molar-refractivity contribution in [1.29, 1.82) is 0 Å². The summed E-state index contributed by atoms with van der Waals surface area (Å²) in [4.78, 5) is 16.4. The molecule has 1 fully saturated rings. The molecule has 2 N–H and O–H groups in total. The number of piperazine rings is 1. The summed E-state index contributed by atoms with van der Waals surface area (Å²) in [6.45, 7) is 6.57. The molecule has 0 bridgehead atoms. The van der Waals surface area contributed by atoms with E-state index in [2.05, 4.69) is 16.9 Å². The second-order valence-electron chi connectivity index (χ2n) is 4.68.